The standard InChI is InChI=1S/C20H22N2O/c1-16-7-9-18(10-8-16)14-23-20(13-22-12-11-21-15-22)19-6-4-3-5-17(19)2/h3-12,15,20H,13-14H2,1-2H3. The van der Waals surface area contributed by atoms with Crippen LogP contribution in [0.5, 0.6) is 0 Å². The highest BCUT2D eigenvalue weighted by molar-refractivity contribution is 5.28. The Morgan fingerprint density at radius 3 is 2.52 bits per heavy atom. The molecule has 0 aliphatic carbocycles. The van der Waals surface area contributed by atoms with Gasteiger partial charge in [-0.05, 0) is 30.5 Å². The van der Waals surface area contributed by atoms with Gasteiger partial charge in [0.05, 0.1) is 19.5 Å². The molecule has 23 heavy (non-hydrogen) atoms. The molecule has 0 aliphatic rings. The zero-order chi connectivity index (χ0) is 16.1. The molecular weight excluding hydrogens is 284 g/mol. The molecule has 0 amide bonds. The van der Waals surface area contributed by atoms with Gasteiger partial charge in [-0.2, -0.15) is 0 Å². The minimum Gasteiger partial charge on any atom is -0.367 e. The van der Waals surface area contributed by atoms with Crippen molar-refractivity contribution in [3.05, 3.63) is 89.5 Å². The fraction of sp³-hybridized carbons (Fsp3) is 0.250. The van der Waals surface area contributed by atoms with Crippen LogP contribution in [0.2, 0.25) is 0 Å². The number of aryl methyl sites for hydroxylation is 2. The molecule has 0 fully saturated rings. The number of benzene rings is 2. The van der Waals surface area contributed by atoms with Gasteiger partial charge in [0, 0.05) is 12.4 Å². The van der Waals surface area contributed by atoms with Gasteiger partial charge in [0.25, 0.3) is 0 Å². The van der Waals surface area contributed by atoms with Gasteiger partial charge < -0.3 is 9.30 Å². The molecule has 1 unspecified atom stereocenters. The molecule has 1 atom stereocenters. The Hall–Kier alpha value is -2.39. The summed E-state index contributed by atoms with van der Waals surface area (Å²) >= 11 is 0. The number of imidazole rings is 1. The molecule has 3 nitrogen and oxygen atoms in total. The fourth-order valence-electron chi connectivity index (χ4n) is 2.66. The summed E-state index contributed by atoms with van der Waals surface area (Å²) in [4.78, 5) is 4.13. The smallest absolute Gasteiger partial charge is 0.101 e. The van der Waals surface area contributed by atoms with Crippen LogP contribution in [0, 0.1) is 13.8 Å². The third-order valence-corrected chi connectivity index (χ3v) is 4.04. The lowest BCUT2D eigenvalue weighted by Crippen LogP contribution is -2.13. The quantitative estimate of drug-likeness (QED) is 0.672. The Morgan fingerprint density at radius 2 is 1.83 bits per heavy atom. The molecule has 118 valence electrons. The largest absolute Gasteiger partial charge is 0.367 e. The van der Waals surface area contributed by atoms with Crippen molar-refractivity contribution in [2.45, 2.75) is 33.1 Å². The number of rotatable bonds is 6. The summed E-state index contributed by atoms with van der Waals surface area (Å²) in [6.45, 7) is 5.59. The summed E-state index contributed by atoms with van der Waals surface area (Å²) in [7, 11) is 0. The SMILES string of the molecule is Cc1ccc(COC(Cn2ccnc2)c2ccccc2C)cc1. The van der Waals surface area contributed by atoms with Crippen LogP contribution in [0.1, 0.15) is 28.4 Å². The summed E-state index contributed by atoms with van der Waals surface area (Å²) in [5.74, 6) is 0. The average molecular weight is 306 g/mol. The molecule has 2 aromatic carbocycles. The molecule has 3 rings (SSSR count). The number of hydrogen-bond acceptors (Lipinski definition) is 2. The maximum absolute atomic E-state index is 6.26. The molecule has 0 aliphatic heterocycles. The van der Waals surface area contributed by atoms with Gasteiger partial charge in [-0.3, -0.25) is 0 Å². The van der Waals surface area contributed by atoms with E-state index in [4.69, 9.17) is 4.74 Å². The molecule has 3 heteroatoms. The zero-order valence-corrected chi connectivity index (χ0v) is 13.6. The van der Waals surface area contributed by atoms with Crippen molar-refractivity contribution in [1.29, 1.82) is 0 Å². The van der Waals surface area contributed by atoms with Crippen LogP contribution in [-0.4, -0.2) is 9.55 Å². The van der Waals surface area contributed by atoms with Crippen LogP contribution >= 0.6 is 0 Å². The van der Waals surface area contributed by atoms with E-state index in [-0.39, 0.29) is 6.10 Å². The first-order valence-electron chi connectivity index (χ1n) is 7.91. The first kappa shape index (κ1) is 15.5. The van der Waals surface area contributed by atoms with Gasteiger partial charge in [-0.1, -0.05) is 54.1 Å². The average Bonchev–Trinajstić information content (AvgIpc) is 3.07. The Balaban J connectivity index is 1.77. The van der Waals surface area contributed by atoms with E-state index >= 15 is 0 Å². The van der Waals surface area contributed by atoms with E-state index in [0.29, 0.717) is 6.61 Å². The van der Waals surface area contributed by atoms with Crippen molar-refractivity contribution < 1.29 is 4.74 Å². The van der Waals surface area contributed by atoms with Crippen LogP contribution in [0.3, 0.4) is 0 Å². The van der Waals surface area contributed by atoms with Crippen LogP contribution in [0.15, 0.2) is 67.3 Å². The third-order valence-electron chi connectivity index (χ3n) is 4.04. The highest BCUT2D eigenvalue weighted by atomic mass is 16.5. The zero-order valence-electron chi connectivity index (χ0n) is 13.6. The van der Waals surface area contributed by atoms with E-state index in [1.807, 2.05) is 12.5 Å². The van der Waals surface area contributed by atoms with E-state index in [1.165, 1.54) is 22.3 Å². The molecule has 0 radical (unpaired) electrons. The Kier molecular flexibility index (Phi) is 4.89. The third kappa shape index (κ3) is 4.08. The van der Waals surface area contributed by atoms with E-state index in [2.05, 4.69) is 71.9 Å². The monoisotopic (exact) mass is 306 g/mol. The number of aromatic nitrogens is 2. The number of ether oxygens (including phenoxy) is 1. The van der Waals surface area contributed by atoms with Gasteiger partial charge in [0.15, 0.2) is 0 Å². The molecule has 0 saturated carbocycles. The van der Waals surface area contributed by atoms with Gasteiger partial charge >= 0.3 is 0 Å². The van der Waals surface area contributed by atoms with Crippen LogP contribution in [0.25, 0.3) is 0 Å². The second-order valence-corrected chi connectivity index (χ2v) is 5.90. The first-order valence-corrected chi connectivity index (χ1v) is 7.91. The Bertz CT molecular complexity index is 733. The van der Waals surface area contributed by atoms with E-state index in [9.17, 15) is 0 Å². The topological polar surface area (TPSA) is 27.1 Å². The van der Waals surface area contributed by atoms with Crippen LogP contribution in [0.4, 0.5) is 0 Å². The molecule has 0 spiro atoms. The molecule has 3 aromatic rings. The predicted molar refractivity (Wildman–Crippen MR) is 92.1 cm³/mol. The van der Waals surface area contributed by atoms with Crippen LogP contribution < -0.4 is 0 Å². The number of hydrogen-bond donors (Lipinski definition) is 0. The van der Waals surface area contributed by atoms with E-state index in [0.717, 1.165) is 6.54 Å². The van der Waals surface area contributed by atoms with Crippen molar-refractivity contribution in [2.75, 3.05) is 0 Å². The highest BCUT2D eigenvalue weighted by Crippen LogP contribution is 2.24. The normalized spacial score (nSPS) is 12.3. The maximum atomic E-state index is 6.26. The van der Waals surface area contributed by atoms with Gasteiger partial charge in [-0.25, -0.2) is 4.98 Å². The summed E-state index contributed by atoms with van der Waals surface area (Å²) in [6, 6.07) is 16.9. The van der Waals surface area contributed by atoms with Crippen molar-refractivity contribution in [3.63, 3.8) is 0 Å². The molecular formula is C20H22N2O. The van der Waals surface area contributed by atoms with E-state index < -0.39 is 0 Å². The second kappa shape index (κ2) is 7.25. The van der Waals surface area contributed by atoms with E-state index in [1.54, 1.807) is 6.20 Å². The summed E-state index contributed by atoms with van der Waals surface area (Å²) in [5, 5.41) is 0. The lowest BCUT2D eigenvalue weighted by molar-refractivity contribution is 0.0276. The van der Waals surface area contributed by atoms with Crippen molar-refractivity contribution in [1.82, 2.24) is 9.55 Å². The first-order chi connectivity index (χ1) is 11.2. The predicted octanol–water partition coefficient (Wildman–Crippen LogP) is 4.46. The van der Waals surface area contributed by atoms with Gasteiger partial charge in [0.1, 0.15) is 6.10 Å². The van der Waals surface area contributed by atoms with Crippen molar-refractivity contribution in [2.24, 2.45) is 0 Å². The fourth-order valence-corrected chi connectivity index (χ4v) is 2.66. The highest BCUT2D eigenvalue weighted by Gasteiger charge is 2.15. The lowest BCUT2D eigenvalue weighted by atomic mass is 10.0. The van der Waals surface area contributed by atoms with Crippen molar-refractivity contribution in [3.8, 4) is 0 Å². The second-order valence-electron chi connectivity index (χ2n) is 5.90. The Morgan fingerprint density at radius 1 is 1.04 bits per heavy atom. The summed E-state index contributed by atoms with van der Waals surface area (Å²) in [5.41, 5.74) is 4.94. The number of nitrogens with zero attached hydrogens (tertiary/aromatic N) is 2. The summed E-state index contributed by atoms with van der Waals surface area (Å²) in [6.07, 6.45) is 5.61. The molecule has 0 N–H and O–H groups in total. The minimum absolute atomic E-state index is 0.00621. The Labute approximate surface area is 137 Å². The summed E-state index contributed by atoms with van der Waals surface area (Å²) < 4.78 is 8.32. The van der Waals surface area contributed by atoms with Gasteiger partial charge in [0.2, 0.25) is 0 Å². The minimum atomic E-state index is 0.00621. The molecule has 0 bridgehead atoms. The molecule has 0 saturated heterocycles. The molecule has 1 heterocycles. The maximum Gasteiger partial charge on any atom is 0.101 e. The lowest BCUT2D eigenvalue weighted by Gasteiger charge is -2.21. The van der Waals surface area contributed by atoms with Crippen molar-refractivity contribution >= 4 is 0 Å². The van der Waals surface area contributed by atoms with Gasteiger partial charge in [-0.15, -0.1) is 0 Å². The van der Waals surface area contributed by atoms with Crippen LogP contribution in [-0.2, 0) is 17.9 Å². The molecule has 1 aromatic heterocycles.